The Morgan fingerprint density at radius 1 is 0.793 bits per heavy atom. The lowest BCUT2D eigenvalue weighted by atomic mass is 9.93. The fourth-order valence-electron chi connectivity index (χ4n) is 1.64. The Hall–Kier alpha value is -1.20. The summed E-state index contributed by atoms with van der Waals surface area (Å²) < 4.78 is 172. The van der Waals surface area contributed by atoms with Gasteiger partial charge in [0.1, 0.15) is 0 Å². The van der Waals surface area contributed by atoms with Crippen LogP contribution in [0, 0.1) is 4.84 Å². The van der Waals surface area contributed by atoms with Crippen LogP contribution in [0.3, 0.4) is 0 Å². The fourth-order valence-corrected chi connectivity index (χ4v) is 2.63. The summed E-state index contributed by atoms with van der Waals surface area (Å²) in [5.74, 6) is -38.5. The van der Waals surface area contributed by atoms with Gasteiger partial charge in [0, 0.05) is 6.42 Å². The summed E-state index contributed by atoms with van der Waals surface area (Å²) >= 11 is 4.74. The zero-order chi connectivity index (χ0) is 23.1. The molecule has 170 valence electrons. The summed E-state index contributed by atoms with van der Waals surface area (Å²) in [5, 5.41) is 5.44. The summed E-state index contributed by atoms with van der Waals surface area (Å²) in [7, 11) is 0. The maximum Gasteiger partial charge on any atom is 0.460 e. The molecule has 1 heterocycles. The number of rotatable bonds is 9. The summed E-state index contributed by atoms with van der Waals surface area (Å²) in [6, 6.07) is 0. The fraction of sp³-hybridized carbons (Fsp3) is 0.818. The van der Waals surface area contributed by atoms with Gasteiger partial charge in [-0.1, -0.05) is 0 Å². The van der Waals surface area contributed by atoms with Crippen LogP contribution in [-0.4, -0.2) is 51.7 Å². The second kappa shape index (κ2) is 7.81. The normalized spacial score (nSPS) is 15.1. The van der Waals surface area contributed by atoms with Crippen molar-refractivity contribution in [3.63, 3.8) is 0 Å². The molecular formula is C11H7F13N2OS2. The second-order valence-corrected chi connectivity index (χ2v) is 6.79. The molecule has 0 aliphatic rings. The van der Waals surface area contributed by atoms with Crippen LogP contribution in [0.5, 0.6) is 0 Å². The standard InChI is InChI=1S/C11H7F13N2OS2/c12-6(13,1-2-29-3-4-25-26-5(28)27-4)7(14,15)8(16,17)9(18,19)10(20,21)11(22,23)24/h1-3H2,(H,26,28). The van der Waals surface area contributed by atoms with Gasteiger partial charge in [0.05, 0.1) is 5.75 Å². The van der Waals surface area contributed by atoms with E-state index in [1.165, 1.54) is 0 Å². The number of nitrogens with one attached hydrogen (secondary N) is 1. The van der Waals surface area contributed by atoms with Crippen LogP contribution >= 0.6 is 24.0 Å². The number of aromatic amines is 1. The van der Waals surface area contributed by atoms with Crippen LogP contribution in [0.4, 0.5) is 57.1 Å². The highest BCUT2D eigenvalue weighted by molar-refractivity contribution is 7.98. The first kappa shape index (κ1) is 25.8. The molecule has 1 aromatic heterocycles. The molecule has 0 fully saturated rings. The van der Waals surface area contributed by atoms with E-state index in [1.54, 1.807) is 0 Å². The molecule has 0 saturated carbocycles. The molecule has 0 aliphatic heterocycles. The third-order valence-electron chi connectivity index (χ3n) is 3.27. The van der Waals surface area contributed by atoms with E-state index in [1.807, 2.05) is 0 Å². The first-order valence-corrected chi connectivity index (χ1v) is 8.36. The first-order chi connectivity index (χ1) is 12.7. The van der Waals surface area contributed by atoms with E-state index in [-0.39, 0.29) is 10.7 Å². The quantitative estimate of drug-likeness (QED) is 0.256. The van der Waals surface area contributed by atoms with Crippen LogP contribution in [0.25, 0.3) is 0 Å². The van der Waals surface area contributed by atoms with Crippen LogP contribution in [0.15, 0.2) is 4.42 Å². The summed E-state index contributed by atoms with van der Waals surface area (Å²) in [4.78, 5) is -0.259. The molecule has 0 atom stereocenters. The van der Waals surface area contributed by atoms with Crippen molar-refractivity contribution >= 4 is 24.0 Å². The molecule has 0 unspecified atom stereocenters. The average Bonchev–Trinajstić information content (AvgIpc) is 2.95. The number of halogens is 13. The van der Waals surface area contributed by atoms with Crippen LogP contribution in [0.1, 0.15) is 12.3 Å². The van der Waals surface area contributed by atoms with E-state index < -0.39 is 53.7 Å². The molecule has 0 bridgehead atoms. The summed E-state index contributed by atoms with van der Waals surface area (Å²) in [6.07, 6.45) is -9.70. The predicted molar refractivity (Wildman–Crippen MR) is 73.3 cm³/mol. The molecule has 3 nitrogen and oxygen atoms in total. The molecule has 1 N–H and O–H groups in total. The van der Waals surface area contributed by atoms with Crippen molar-refractivity contribution in [2.24, 2.45) is 0 Å². The SMILES string of the molecule is FC(F)(F)C(F)(F)C(F)(F)C(F)(F)C(F)(F)C(F)(F)CCSCc1n[nH]c(=S)o1. The van der Waals surface area contributed by atoms with Gasteiger partial charge in [-0.05, 0) is 18.0 Å². The number of aromatic nitrogens is 2. The number of H-pyrrole nitrogens is 1. The Morgan fingerprint density at radius 3 is 1.69 bits per heavy atom. The van der Waals surface area contributed by atoms with Gasteiger partial charge in [-0.25, -0.2) is 5.10 Å². The Bertz CT molecular complexity index is 754. The Morgan fingerprint density at radius 2 is 1.28 bits per heavy atom. The van der Waals surface area contributed by atoms with Crippen molar-refractivity contribution in [1.82, 2.24) is 10.2 Å². The Balaban J connectivity index is 3.01. The maximum atomic E-state index is 13.5. The van der Waals surface area contributed by atoms with Crippen molar-refractivity contribution in [1.29, 1.82) is 0 Å². The molecule has 0 aromatic carbocycles. The Labute approximate surface area is 161 Å². The summed E-state index contributed by atoms with van der Waals surface area (Å²) in [5.41, 5.74) is 0. The molecule has 0 saturated heterocycles. The van der Waals surface area contributed by atoms with Crippen molar-refractivity contribution < 1.29 is 61.5 Å². The lowest BCUT2D eigenvalue weighted by molar-refractivity contribution is -0.439. The monoisotopic (exact) mass is 494 g/mol. The minimum absolute atomic E-state index is 0.239. The Kier molecular flexibility index (Phi) is 6.96. The topological polar surface area (TPSA) is 41.8 Å². The van der Waals surface area contributed by atoms with Gasteiger partial charge in [0.15, 0.2) is 0 Å². The third-order valence-corrected chi connectivity index (χ3v) is 4.39. The van der Waals surface area contributed by atoms with Gasteiger partial charge in [0.2, 0.25) is 5.89 Å². The van der Waals surface area contributed by atoms with E-state index in [4.69, 9.17) is 0 Å². The van der Waals surface area contributed by atoms with Gasteiger partial charge in [-0.2, -0.15) is 68.8 Å². The lowest BCUT2D eigenvalue weighted by Gasteiger charge is -2.39. The van der Waals surface area contributed by atoms with Crippen LogP contribution in [0.2, 0.25) is 0 Å². The summed E-state index contributed by atoms with van der Waals surface area (Å²) in [6.45, 7) is 0. The van der Waals surface area contributed by atoms with E-state index in [0.717, 1.165) is 0 Å². The molecular weight excluding hydrogens is 487 g/mol. The van der Waals surface area contributed by atoms with Crippen molar-refractivity contribution in [2.45, 2.75) is 48.0 Å². The number of alkyl halides is 13. The molecule has 0 radical (unpaired) electrons. The molecule has 1 rings (SSSR count). The minimum Gasteiger partial charge on any atom is -0.413 e. The van der Waals surface area contributed by atoms with E-state index in [9.17, 15) is 57.1 Å². The van der Waals surface area contributed by atoms with Gasteiger partial charge >= 0.3 is 35.8 Å². The molecule has 1 aromatic rings. The first-order valence-electron chi connectivity index (χ1n) is 6.80. The van der Waals surface area contributed by atoms with Gasteiger partial charge < -0.3 is 4.42 Å². The van der Waals surface area contributed by atoms with E-state index >= 15 is 0 Å². The number of hydrogen-bond acceptors (Lipinski definition) is 4. The maximum absolute atomic E-state index is 13.5. The van der Waals surface area contributed by atoms with Gasteiger partial charge in [0.25, 0.3) is 4.84 Å². The number of nitrogens with zero attached hydrogens (tertiary/aromatic N) is 1. The highest BCUT2D eigenvalue weighted by Crippen LogP contribution is 2.60. The third kappa shape index (κ3) is 4.46. The lowest BCUT2D eigenvalue weighted by Crippen LogP contribution is -2.70. The zero-order valence-electron chi connectivity index (χ0n) is 13.2. The molecule has 0 aliphatic carbocycles. The minimum atomic E-state index is -7.88. The number of thioether (sulfide) groups is 1. The van der Waals surface area contributed by atoms with Crippen LogP contribution < -0.4 is 0 Å². The largest absolute Gasteiger partial charge is 0.460 e. The second-order valence-electron chi connectivity index (χ2n) is 5.31. The smallest absolute Gasteiger partial charge is 0.413 e. The zero-order valence-corrected chi connectivity index (χ0v) is 14.8. The van der Waals surface area contributed by atoms with Gasteiger partial charge in [-0.15, -0.1) is 5.10 Å². The van der Waals surface area contributed by atoms with E-state index in [0.29, 0.717) is 11.8 Å². The highest BCUT2D eigenvalue weighted by atomic mass is 32.2. The van der Waals surface area contributed by atoms with Crippen molar-refractivity contribution in [2.75, 3.05) is 5.75 Å². The predicted octanol–water partition coefficient (Wildman–Crippen LogP) is 6.09. The van der Waals surface area contributed by atoms with Gasteiger partial charge in [-0.3, -0.25) is 0 Å². The molecule has 0 amide bonds. The average molecular weight is 494 g/mol. The number of hydrogen-bond donors (Lipinski definition) is 1. The van der Waals surface area contributed by atoms with Crippen LogP contribution in [-0.2, 0) is 5.75 Å². The molecule has 18 heteroatoms. The van der Waals surface area contributed by atoms with Crippen molar-refractivity contribution in [3.8, 4) is 0 Å². The van der Waals surface area contributed by atoms with E-state index in [2.05, 4.69) is 26.8 Å². The van der Waals surface area contributed by atoms with Crippen molar-refractivity contribution in [3.05, 3.63) is 10.7 Å². The highest BCUT2D eigenvalue weighted by Gasteiger charge is 2.90. The molecule has 0 spiro atoms. The molecule has 29 heavy (non-hydrogen) atoms.